The molecule has 3 heteroatoms. The van der Waals surface area contributed by atoms with Crippen molar-refractivity contribution in [2.24, 2.45) is 5.92 Å². The number of ether oxygens (including phenoxy) is 1. The van der Waals surface area contributed by atoms with Crippen LogP contribution in [0.2, 0.25) is 0 Å². The van der Waals surface area contributed by atoms with Gasteiger partial charge in [-0.15, -0.1) is 0 Å². The van der Waals surface area contributed by atoms with Crippen molar-refractivity contribution in [3.05, 3.63) is 29.3 Å². The van der Waals surface area contributed by atoms with Crippen LogP contribution in [0.3, 0.4) is 0 Å². The van der Waals surface area contributed by atoms with Crippen LogP contribution >= 0.6 is 0 Å². The summed E-state index contributed by atoms with van der Waals surface area (Å²) in [5.74, 6) is 0.487. The van der Waals surface area contributed by atoms with Gasteiger partial charge in [0, 0.05) is 5.69 Å². The van der Waals surface area contributed by atoms with Gasteiger partial charge in [-0.3, -0.25) is 0 Å². The predicted octanol–water partition coefficient (Wildman–Crippen LogP) is 3.31. The molecule has 0 radical (unpaired) electrons. The molecular formula is C15H21NO2. The Morgan fingerprint density at radius 3 is 2.78 bits per heavy atom. The highest BCUT2D eigenvalue weighted by Gasteiger charge is 2.15. The molecule has 0 saturated heterocycles. The minimum atomic E-state index is -0.264. The van der Waals surface area contributed by atoms with E-state index in [1.165, 1.54) is 25.7 Å². The smallest absolute Gasteiger partial charge is 0.338 e. The zero-order chi connectivity index (χ0) is 13.0. The molecule has 1 aromatic carbocycles. The van der Waals surface area contributed by atoms with Gasteiger partial charge in [0.25, 0.3) is 0 Å². The minimum absolute atomic E-state index is 0.264. The maximum absolute atomic E-state index is 11.8. The first-order valence-corrected chi connectivity index (χ1v) is 6.70. The Bertz CT molecular complexity index is 423. The van der Waals surface area contributed by atoms with E-state index in [4.69, 9.17) is 10.5 Å². The Labute approximate surface area is 108 Å². The number of benzene rings is 1. The average molecular weight is 247 g/mol. The Balaban J connectivity index is 1.81. The summed E-state index contributed by atoms with van der Waals surface area (Å²) in [7, 11) is 0. The van der Waals surface area contributed by atoms with Gasteiger partial charge in [-0.25, -0.2) is 4.79 Å². The van der Waals surface area contributed by atoms with Crippen LogP contribution in [0.15, 0.2) is 18.2 Å². The Morgan fingerprint density at radius 2 is 2.11 bits per heavy atom. The second-order valence-corrected chi connectivity index (χ2v) is 5.15. The van der Waals surface area contributed by atoms with E-state index in [0.29, 0.717) is 17.9 Å². The van der Waals surface area contributed by atoms with Crippen molar-refractivity contribution in [3.63, 3.8) is 0 Å². The van der Waals surface area contributed by atoms with Crippen molar-refractivity contribution in [2.45, 2.75) is 39.0 Å². The summed E-state index contributed by atoms with van der Waals surface area (Å²) < 4.78 is 5.29. The Morgan fingerprint density at radius 1 is 1.39 bits per heavy atom. The largest absolute Gasteiger partial charge is 0.462 e. The lowest BCUT2D eigenvalue weighted by molar-refractivity contribution is 0.0483. The highest BCUT2D eigenvalue weighted by atomic mass is 16.5. The molecule has 0 atom stereocenters. The van der Waals surface area contributed by atoms with Crippen LogP contribution in [0, 0.1) is 12.8 Å². The topological polar surface area (TPSA) is 52.3 Å². The summed E-state index contributed by atoms with van der Waals surface area (Å²) >= 11 is 0. The fourth-order valence-electron chi connectivity index (χ4n) is 2.47. The molecule has 0 spiro atoms. The summed E-state index contributed by atoms with van der Waals surface area (Å²) in [6.45, 7) is 2.45. The molecule has 2 rings (SSSR count). The summed E-state index contributed by atoms with van der Waals surface area (Å²) in [5, 5.41) is 0. The summed E-state index contributed by atoms with van der Waals surface area (Å²) in [5.41, 5.74) is 7.95. The number of nitrogens with two attached hydrogens (primary N) is 1. The molecule has 3 nitrogen and oxygen atoms in total. The third-order valence-electron chi connectivity index (χ3n) is 3.75. The number of rotatable bonds is 4. The number of nitrogen functional groups attached to an aromatic ring is 1. The monoisotopic (exact) mass is 247 g/mol. The van der Waals surface area contributed by atoms with Gasteiger partial charge in [-0.1, -0.05) is 31.7 Å². The third-order valence-corrected chi connectivity index (χ3v) is 3.75. The third kappa shape index (κ3) is 3.25. The van der Waals surface area contributed by atoms with Gasteiger partial charge in [0.15, 0.2) is 0 Å². The maximum Gasteiger partial charge on any atom is 0.338 e. The van der Waals surface area contributed by atoms with Gasteiger partial charge in [0.05, 0.1) is 12.2 Å². The van der Waals surface area contributed by atoms with E-state index in [1.54, 1.807) is 12.1 Å². The van der Waals surface area contributed by atoms with Crippen molar-refractivity contribution in [3.8, 4) is 0 Å². The first-order valence-electron chi connectivity index (χ1n) is 6.70. The fraction of sp³-hybridized carbons (Fsp3) is 0.533. The molecule has 18 heavy (non-hydrogen) atoms. The highest BCUT2D eigenvalue weighted by Crippen LogP contribution is 2.27. The summed E-state index contributed by atoms with van der Waals surface area (Å²) in [6, 6.07) is 5.31. The van der Waals surface area contributed by atoms with Crippen LogP contribution in [-0.4, -0.2) is 12.6 Å². The predicted molar refractivity (Wildman–Crippen MR) is 72.4 cm³/mol. The highest BCUT2D eigenvalue weighted by molar-refractivity contribution is 5.90. The summed E-state index contributed by atoms with van der Waals surface area (Å²) in [6.07, 6.45) is 6.22. The number of anilines is 1. The zero-order valence-electron chi connectivity index (χ0n) is 10.9. The Kier molecular flexibility index (Phi) is 4.24. The lowest BCUT2D eigenvalue weighted by atomic mass is 10.1. The van der Waals surface area contributed by atoms with Crippen LogP contribution in [0.25, 0.3) is 0 Å². The molecule has 0 amide bonds. The van der Waals surface area contributed by atoms with E-state index >= 15 is 0 Å². The van der Waals surface area contributed by atoms with Crippen molar-refractivity contribution < 1.29 is 9.53 Å². The van der Waals surface area contributed by atoms with Gasteiger partial charge in [0.2, 0.25) is 0 Å². The SMILES string of the molecule is Cc1ccc(C(=O)OCCC2CCCC2)cc1N. The van der Waals surface area contributed by atoms with Crippen LogP contribution in [0.5, 0.6) is 0 Å². The molecule has 0 unspecified atom stereocenters. The lowest BCUT2D eigenvalue weighted by Gasteiger charge is -2.10. The second kappa shape index (κ2) is 5.89. The molecule has 0 heterocycles. The van der Waals surface area contributed by atoms with E-state index in [-0.39, 0.29) is 5.97 Å². The van der Waals surface area contributed by atoms with Crippen molar-refractivity contribution in [1.82, 2.24) is 0 Å². The van der Waals surface area contributed by atoms with Gasteiger partial charge in [-0.2, -0.15) is 0 Å². The normalized spacial score (nSPS) is 15.8. The van der Waals surface area contributed by atoms with Crippen LogP contribution in [0.4, 0.5) is 5.69 Å². The molecule has 1 fully saturated rings. The van der Waals surface area contributed by atoms with Gasteiger partial charge in [0.1, 0.15) is 0 Å². The molecule has 98 valence electrons. The van der Waals surface area contributed by atoms with Crippen molar-refractivity contribution in [2.75, 3.05) is 12.3 Å². The van der Waals surface area contributed by atoms with Gasteiger partial charge < -0.3 is 10.5 Å². The summed E-state index contributed by atoms with van der Waals surface area (Å²) in [4.78, 5) is 11.8. The maximum atomic E-state index is 11.8. The number of carbonyl (C=O) groups excluding carboxylic acids is 1. The first-order chi connectivity index (χ1) is 8.66. The zero-order valence-corrected chi connectivity index (χ0v) is 10.9. The van der Waals surface area contributed by atoms with Crippen LogP contribution in [-0.2, 0) is 4.74 Å². The second-order valence-electron chi connectivity index (χ2n) is 5.15. The van der Waals surface area contributed by atoms with E-state index in [9.17, 15) is 4.79 Å². The van der Waals surface area contributed by atoms with E-state index in [2.05, 4.69) is 0 Å². The fourth-order valence-corrected chi connectivity index (χ4v) is 2.47. The van der Waals surface area contributed by atoms with E-state index in [0.717, 1.165) is 17.9 Å². The lowest BCUT2D eigenvalue weighted by Crippen LogP contribution is -2.09. The number of hydrogen-bond acceptors (Lipinski definition) is 3. The number of esters is 1. The molecule has 1 aliphatic carbocycles. The molecule has 0 bridgehead atoms. The van der Waals surface area contributed by atoms with E-state index in [1.807, 2.05) is 13.0 Å². The molecular weight excluding hydrogens is 226 g/mol. The molecule has 2 N–H and O–H groups in total. The number of hydrogen-bond donors (Lipinski definition) is 1. The standard InChI is InChI=1S/C15H21NO2/c1-11-6-7-13(10-14(11)16)15(17)18-9-8-12-4-2-3-5-12/h6-7,10,12H,2-5,8-9,16H2,1H3. The van der Waals surface area contributed by atoms with Crippen LogP contribution in [0.1, 0.15) is 48.0 Å². The van der Waals surface area contributed by atoms with Gasteiger partial charge in [-0.05, 0) is 37.0 Å². The average Bonchev–Trinajstić information content (AvgIpc) is 2.85. The van der Waals surface area contributed by atoms with Gasteiger partial charge >= 0.3 is 5.97 Å². The molecule has 0 aromatic heterocycles. The molecule has 1 aliphatic rings. The van der Waals surface area contributed by atoms with Crippen molar-refractivity contribution >= 4 is 11.7 Å². The molecule has 0 aliphatic heterocycles. The van der Waals surface area contributed by atoms with Crippen molar-refractivity contribution in [1.29, 1.82) is 0 Å². The Hall–Kier alpha value is -1.51. The number of aryl methyl sites for hydroxylation is 1. The molecule has 1 saturated carbocycles. The van der Waals surface area contributed by atoms with Crippen LogP contribution < -0.4 is 5.73 Å². The quantitative estimate of drug-likeness (QED) is 0.656. The first kappa shape index (κ1) is 12.9. The number of carbonyl (C=O) groups is 1. The molecule has 1 aromatic rings. The van der Waals surface area contributed by atoms with E-state index < -0.39 is 0 Å². The minimum Gasteiger partial charge on any atom is -0.462 e.